The first-order valence-electron chi connectivity index (χ1n) is 9.61. The Morgan fingerprint density at radius 2 is 1.58 bits per heavy atom. The fourth-order valence-electron chi connectivity index (χ4n) is 3.34. The van der Waals surface area contributed by atoms with Crippen LogP contribution in [-0.2, 0) is 17.8 Å². The summed E-state index contributed by atoms with van der Waals surface area (Å²) in [5, 5.41) is 2.93. The highest BCUT2D eigenvalue weighted by atomic mass is 16.1. The van der Waals surface area contributed by atoms with E-state index in [0.717, 1.165) is 39.1 Å². The van der Waals surface area contributed by atoms with Gasteiger partial charge in [-0.25, -0.2) is 0 Å². The second-order valence-electron chi connectivity index (χ2n) is 6.87. The molecule has 1 amide bonds. The number of carbonyl (C=O) groups excluding carboxylic acids is 1. The summed E-state index contributed by atoms with van der Waals surface area (Å²) in [5.41, 5.74) is 3.96. The topological polar surface area (TPSA) is 35.6 Å². The van der Waals surface area contributed by atoms with Gasteiger partial charge in [0.15, 0.2) is 0 Å². The fourth-order valence-corrected chi connectivity index (χ4v) is 3.34. The molecule has 0 saturated carbocycles. The summed E-state index contributed by atoms with van der Waals surface area (Å²) < 4.78 is 0. The van der Waals surface area contributed by atoms with Gasteiger partial charge in [-0.1, -0.05) is 49.4 Å². The number of rotatable bonds is 7. The van der Waals surface area contributed by atoms with Crippen LogP contribution in [0.5, 0.6) is 0 Å². The van der Waals surface area contributed by atoms with Crippen LogP contribution in [0.25, 0.3) is 0 Å². The standard InChI is InChI=1S/C22H29N3O/c1-2-22(26)23-13-12-19-8-10-20(11-9-19)18-24-14-16-25(17-15-24)21-6-4-3-5-7-21/h3-11H,2,12-18H2,1H3,(H,23,26). The van der Waals surface area contributed by atoms with Gasteiger partial charge < -0.3 is 10.2 Å². The molecular weight excluding hydrogens is 322 g/mol. The third-order valence-electron chi connectivity index (χ3n) is 4.98. The van der Waals surface area contributed by atoms with Crippen LogP contribution in [0.3, 0.4) is 0 Å². The van der Waals surface area contributed by atoms with Crippen molar-refractivity contribution in [3.63, 3.8) is 0 Å². The normalized spacial score (nSPS) is 15.0. The summed E-state index contributed by atoms with van der Waals surface area (Å²) in [6.07, 6.45) is 1.44. The smallest absolute Gasteiger partial charge is 0.219 e. The van der Waals surface area contributed by atoms with Gasteiger partial charge in [0.2, 0.25) is 5.91 Å². The number of hydrogen-bond donors (Lipinski definition) is 1. The number of amides is 1. The van der Waals surface area contributed by atoms with Crippen LogP contribution in [0.4, 0.5) is 5.69 Å². The zero-order valence-corrected chi connectivity index (χ0v) is 15.7. The quantitative estimate of drug-likeness (QED) is 0.833. The zero-order valence-electron chi connectivity index (χ0n) is 15.7. The predicted molar refractivity (Wildman–Crippen MR) is 107 cm³/mol. The Labute approximate surface area is 156 Å². The summed E-state index contributed by atoms with van der Waals surface area (Å²) in [6, 6.07) is 19.5. The van der Waals surface area contributed by atoms with Crippen molar-refractivity contribution in [2.45, 2.75) is 26.3 Å². The molecule has 1 aliphatic heterocycles. The van der Waals surface area contributed by atoms with Crippen molar-refractivity contribution < 1.29 is 4.79 Å². The first kappa shape index (κ1) is 18.5. The second-order valence-corrected chi connectivity index (χ2v) is 6.87. The Morgan fingerprint density at radius 1 is 0.923 bits per heavy atom. The SMILES string of the molecule is CCC(=O)NCCc1ccc(CN2CCN(c3ccccc3)CC2)cc1. The number of piperazine rings is 1. The molecule has 0 unspecified atom stereocenters. The number of para-hydroxylation sites is 1. The molecule has 2 aromatic carbocycles. The Kier molecular flexibility index (Phi) is 6.67. The van der Waals surface area contributed by atoms with Crippen LogP contribution in [0.15, 0.2) is 54.6 Å². The van der Waals surface area contributed by atoms with Crippen molar-refractivity contribution in [2.24, 2.45) is 0 Å². The van der Waals surface area contributed by atoms with Gasteiger partial charge in [-0.2, -0.15) is 0 Å². The number of anilines is 1. The Balaban J connectivity index is 1.43. The molecule has 0 atom stereocenters. The number of nitrogens with zero attached hydrogens (tertiary/aromatic N) is 2. The number of hydrogen-bond acceptors (Lipinski definition) is 3. The summed E-state index contributed by atoms with van der Waals surface area (Å²) in [5.74, 6) is 0.122. The maximum Gasteiger partial charge on any atom is 0.219 e. The van der Waals surface area contributed by atoms with E-state index in [9.17, 15) is 4.79 Å². The zero-order chi connectivity index (χ0) is 18.2. The van der Waals surface area contributed by atoms with Crippen molar-refractivity contribution in [1.82, 2.24) is 10.2 Å². The molecule has 0 bridgehead atoms. The Hall–Kier alpha value is -2.33. The van der Waals surface area contributed by atoms with Crippen LogP contribution in [0.2, 0.25) is 0 Å². The second kappa shape index (κ2) is 9.39. The molecule has 4 heteroatoms. The molecule has 0 spiro atoms. The highest BCUT2D eigenvalue weighted by Gasteiger charge is 2.17. The van der Waals surface area contributed by atoms with Crippen LogP contribution >= 0.6 is 0 Å². The highest BCUT2D eigenvalue weighted by molar-refractivity contribution is 5.75. The van der Waals surface area contributed by atoms with Gasteiger partial charge in [-0.05, 0) is 29.7 Å². The van der Waals surface area contributed by atoms with E-state index >= 15 is 0 Å². The van der Waals surface area contributed by atoms with Crippen LogP contribution in [0.1, 0.15) is 24.5 Å². The van der Waals surface area contributed by atoms with E-state index in [4.69, 9.17) is 0 Å². The minimum atomic E-state index is 0.122. The van der Waals surface area contributed by atoms with Crippen molar-refractivity contribution in [3.8, 4) is 0 Å². The highest BCUT2D eigenvalue weighted by Crippen LogP contribution is 2.17. The molecule has 1 N–H and O–H groups in total. The average molecular weight is 351 g/mol. The summed E-state index contributed by atoms with van der Waals surface area (Å²) >= 11 is 0. The van der Waals surface area contributed by atoms with Crippen molar-refractivity contribution >= 4 is 11.6 Å². The lowest BCUT2D eigenvalue weighted by atomic mass is 10.1. The molecule has 2 aromatic rings. The molecule has 1 saturated heterocycles. The minimum absolute atomic E-state index is 0.122. The first-order valence-corrected chi connectivity index (χ1v) is 9.61. The van der Waals surface area contributed by atoms with Gasteiger partial charge in [0.1, 0.15) is 0 Å². The maximum atomic E-state index is 11.3. The molecule has 1 heterocycles. The molecule has 4 nitrogen and oxygen atoms in total. The number of carbonyl (C=O) groups is 1. The van der Waals surface area contributed by atoms with Crippen LogP contribution in [0, 0.1) is 0 Å². The van der Waals surface area contributed by atoms with Gasteiger partial charge in [-0.3, -0.25) is 9.69 Å². The summed E-state index contributed by atoms with van der Waals surface area (Å²) in [7, 11) is 0. The van der Waals surface area contributed by atoms with Gasteiger partial charge in [0, 0.05) is 51.4 Å². The monoisotopic (exact) mass is 351 g/mol. The maximum absolute atomic E-state index is 11.3. The molecule has 3 rings (SSSR count). The lowest BCUT2D eigenvalue weighted by Gasteiger charge is -2.36. The van der Waals surface area contributed by atoms with Crippen LogP contribution < -0.4 is 10.2 Å². The predicted octanol–water partition coefficient (Wildman–Crippen LogP) is 3.08. The average Bonchev–Trinajstić information content (AvgIpc) is 2.70. The fraction of sp³-hybridized carbons (Fsp3) is 0.409. The lowest BCUT2D eigenvalue weighted by Crippen LogP contribution is -2.45. The molecule has 0 aromatic heterocycles. The van der Waals surface area contributed by atoms with E-state index in [2.05, 4.69) is 69.7 Å². The van der Waals surface area contributed by atoms with E-state index in [-0.39, 0.29) is 5.91 Å². The van der Waals surface area contributed by atoms with E-state index < -0.39 is 0 Å². The van der Waals surface area contributed by atoms with E-state index in [1.54, 1.807) is 0 Å². The molecule has 138 valence electrons. The summed E-state index contributed by atoms with van der Waals surface area (Å²) in [4.78, 5) is 16.3. The van der Waals surface area contributed by atoms with E-state index in [0.29, 0.717) is 13.0 Å². The van der Waals surface area contributed by atoms with Crippen molar-refractivity contribution in [3.05, 3.63) is 65.7 Å². The van der Waals surface area contributed by atoms with Gasteiger partial charge in [0.25, 0.3) is 0 Å². The Morgan fingerprint density at radius 3 is 2.23 bits per heavy atom. The van der Waals surface area contributed by atoms with Gasteiger partial charge in [0.05, 0.1) is 0 Å². The third-order valence-corrected chi connectivity index (χ3v) is 4.98. The van der Waals surface area contributed by atoms with Crippen molar-refractivity contribution in [1.29, 1.82) is 0 Å². The summed E-state index contributed by atoms with van der Waals surface area (Å²) in [6.45, 7) is 7.96. The molecule has 1 fully saturated rings. The van der Waals surface area contributed by atoms with E-state index in [1.165, 1.54) is 16.8 Å². The van der Waals surface area contributed by atoms with Gasteiger partial charge >= 0.3 is 0 Å². The minimum Gasteiger partial charge on any atom is -0.369 e. The van der Waals surface area contributed by atoms with Crippen molar-refractivity contribution in [2.75, 3.05) is 37.6 Å². The van der Waals surface area contributed by atoms with Crippen LogP contribution in [-0.4, -0.2) is 43.5 Å². The molecular formula is C22H29N3O. The first-order chi connectivity index (χ1) is 12.7. The molecule has 0 radical (unpaired) electrons. The lowest BCUT2D eigenvalue weighted by molar-refractivity contribution is -0.120. The molecule has 26 heavy (non-hydrogen) atoms. The van der Waals surface area contributed by atoms with E-state index in [1.807, 2.05) is 6.92 Å². The molecule has 0 aliphatic carbocycles. The van der Waals surface area contributed by atoms with Gasteiger partial charge in [-0.15, -0.1) is 0 Å². The molecule has 1 aliphatic rings. The third kappa shape index (κ3) is 5.33. The Bertz CT molecular complexity index is 676. The number of nitrogens with one attached hydrogen (secondary N) is 1. The number of benzene rings is 2. The largest absolute Gasteiger partial charge is 0.369 e.